The number of nitrogens with two attached hydrogens (primary N) is 1. The standard InChI is InChI=1S/C15H19N3O4/c1-8(19)13(16)14(20)18-12(15(21)22)6-9-7-17-11-5-3-2-4-10(9)11/h2-5,7-8,12-13,17,19H,6,16H2,1H3,(H,18,20)(H,21,22)/t8?,12-,13-/m0/s1. The lowest BCUT2D eigenvalue weighted by molar-refractivity contribution is -0.142. The molecule has 7 heteroatoms. The number of aromatic nitrogens is 1. The van der Waals surface area contributed by atoms with Crippen LogP contribution < -0.4 is 11.1 Å². The molecule has 6 N–H and O–H groups in total. The molecule has 0 saturated heterocycles. The van der Waals surface area contributed by atoms with E-state index < -0.39 is 30.1 Å². The Morgan fingerprint density at radius 3 is 2.68 bits per heavy atom. The summed E-state index contributed by atoms with van der Waals surface area (Å²) >= 11 is 0. The highest BCUT2D eigenvalue weighted by atomic mass is 16.4. The summed E-state index contributed by atoms with van der Waals surface area (Å²) in [6, 6.07) is 5.22. The third-order valence-electron chi connectivity index (χ3n) is 3.54. The number of hydrogen-bond donors (Lipinski definition) is 5. The van der Waals surface area contributed by atoms with Crippen LogP contribution in [-0.4, -0.2) is 45.3 Å². The van der Waals surface area contributed by atoms with Crippen molar-refractivity contribution in [1.82, 2.24) is 10.3 Å². The third-order valence-corrected chi connectivity index (χ3v) is 3.54. The molecule has 1 aromatic heterocycles. The topological polar surface area (TPSA) is 128 Å². The number of rotatable bonds is 6. The highest BCUT2D eigenvalue weighted by Crippen LogP contribution is 2.19. The van der Waals surface area contributed by atoms with Crippen LogP contribution in [0.1, 0.15) is 12.5 Å². The van der Waals surface area contributed by atoms with Crippen LogP contribution in [0.4, 0.5) is 0 Å². The first-order valence-electron chi connectivity index (χ1n) is 6.92. The van der Waals surface area contributed by atoms with Gasteiger partial charge >= 0.3 is 5.97 Å². The summed E-state index contributed by atoms with van der Waals surface area (Å²) in [6.07, 6.45) is 0.793. The first kappa shape index (κ1) is 16.0. The van der Waals surface area contributed by atoms with Crippen LogP contribution in [0.3, 0.4) is 0 Å². The van der Waals surface area contributed by atoms with Gasteiger partial charge in [0, 0.05) is 23.5 Å². The van der Waals surface area contributed by atoms with E-state index in [0.717, 1.165) is 16.5 Å². The summed E-state index contributed by atoms with van der Waals surface area (Å²) in [5.41, 5.74) is 7.19. The molecule has 7 nitrogen and oxygen atoms in total. The fourth-order valence-corrected chi connectivity index (χ4v) is 2.21. The summed E-state index contributed by atoms with van der Waals surface area (Å²) in [7, 11) is 0. The monoisotopic (exact) mass is 305 g/mol. The molecule has 1 aromatic carbocycles. The van der Waals surface area contributed by atoms with Gasteiger partial charge in [-0.2, -0.15) is 0 Å². The van der Waals surface area contributed by atoms with Gasteiger partial charge in [0.1, 0.15) is 12.1 Å². The Bertz CT molecular complexity index is 680. The predicted molar refractivity (Wildman–Crippen MR) is 81.2 cm³/mol. The van der Waals surface area contributed by atoms with Crippen molar-refractivity contribution in [2.24, 2.45) is 5.73 Å². The van der Waals surface area contributed by atoms with E-state index in [-0.39, 0.29) is 6.42 Å². The highest BCUT2D eigenvalue weighted by molar-refractivity contribution is 5.88. The Kier molecular flexibility index (Phi) is 4.79. The molecular formula is C15H19N3O4. The van der Waals surface area contributed by atoms with Gasteiger partial charge in [-0.1, -0.05) is 18.2 Å². The van der Waals surface area contributed by atoms with Gasteiger partial charge in [0.2, 0.25) is 5.91 Å². The molecule has 1 unspecified atom stereocenters. The number of carbonyl (C=O) groups is 2. The van der Waals surface area contributed by atoms with Crippen molar-refractivity contribution in [2.45, 2.75) is 31.5 Å². The minimum atomic E-state index is -1.16. The molecule has 1 heterocycles. The summed E-state index contributed by atoms with van der Waals surface area (Å²) < 4.78 is 0. The average Bonchev–Trinajstić information content (AvgIpc) is 2.88. The summed E-state index contributed by atoms with van der Waals surface area (Å²) in [5.74, 6) is -1.85. The molecule has 0 aliphatic carbocycles. The molecule has 0 spiro atoms. The van der Waals surface area contributed by atoms with Gasteiger partial charge in [0.15, 0.2) is 0 Å². The zero-order chi connectivity index (χ0) is 16.3. The number of nitrogens with one attached hydrogen (secondary N) is 2. The Morgan fingerprint density at radius 2 is 2.05 bits per heavy atom. The number of carbonyl (C=O) groups excluding carboxylic acids is 1. The molecule has 0 aliphatic rings. The van der Waals surface area contributed by atoms with Crippen LogP contribution in [0.25, 0.3) is 10.9 Å². The Hall–Kier alpha value is -2.38. The number of aromatic amines is 1. The molecule has 118 valence electrons. The van der Waals surface area contributed by atoms with Crippen LogP contribution in [0, 0.1) is 0 Å². The highest BCUT2D eigenvalue weighted by Gasteiger charge is 2.26. The number of aliphatic hydroxyl groups excluding tert-OH is 1. The first-order chi connectivity index (χ1) is 10.4. The summed E-state index contributed by atoms with van der Waals surface area (Å²) in [5, 5.41) is 21.9. The minimum Gasteiger partial charge on any atom is -0.480 e. The van der Waals surface area contributed by atoms with Crippen LogP contribution in [0.5, 0.6) is 0 Å². The van der Waals surface area contributed by atoms with Crippen molar-refractivity contribution >= 4 is 22.8 Å². The Morgan fingerprint density at radius 1 is 1.36 bits per heavy atom. The number of carboxylic acids is 1. The second kappa shape index (κ2) is 6.59. The van der Waals surface area contributed by atoms with Gasteiger partial charge in [-0.3, -0.25) is 4.79 Å². The van der Waals surface area contributed by atoms with Crippen LogP contribution in [0.15, 0.2) is 30.5 Å². The number of amides is 1. The van der Waals surface area contributed by atoms with E-state index in [4.69, 9.17) is 5.73 Å². The SMILES string of the molecule is CC(O)[C@H](N)C(=O)N[C@@H](Cc1c[nH]c2ccccc12)C(=O)O. The van der Waals surface area contributed by atoms with Crippen molar-refractivity contribution in [3.63, 3.8) is 0 Å². The number of carboxylic acid groups (broad SMARTS) is 1. The maximum absolute atomic E-state index is 11.8. The van der Waals surface area contributed by atoms with E-state index in [1.807, 2.05) is 24.3 Å². The number of aliphatic hydroxyl groups is 1. The molecule has 2 aromatic rings. The van der Waals surface area contributed by atoms with Crippen molar-refractivity contribution in [3.8, 4) is 0 Å². The Balaban J connectivity index is 2.16. The van der Waals surface area contributed by atoms with Crippen LogP contribution in [-0.2, 0) is 16.0 Å². The largest absolute Gasteiger partial charge is 0.480 e. The molecule has 0 radical (unpaired) electrons. The maximum atomic E-state index is 11.8. The molecular weight excluding hydrogens is 286 g/mol. The van der Waals surface area contributed by atoms with Gasteiger partial charge in [0.25, 0.3) is 0 Å². The van der Waals surface area contributed by atoms with E-state index in [1.54, 1.807) is 6.20 Å². The normalized spacial score (nSPS) is 15.2. The fourth-order valence-electron chi connectivity index (χ4n) is 2.21. The lowest BCUT2D eigenvalue weighted by Gasteiger charge is -2.19. The predicted octanol–water partition coefficient (Wildman–Crippen LogP) is -0.0121. The number of para-hydroxylation sites is 1. The number of benzene rings is 1. The van der Waals surface area contributed by atoms with E-state index in [9.17, 15) is 19.8 Å². The van der Waals surface area contributed by atoms with Gasteiger partial charge in [-0.25, -0.2) is 4.79 Å². The van der Waals surface area contributed by atoms with Crippen LogP contribution >= 0.6 is 0 Å². The number of hydrogen-bond acceptors (Lipinski definition) is 4. The molecule has 1 amide bonds. The molecule has 22 heavy (non-hydrogen) atoms. The van der Waals surface area contributed by atoms with Crippen molar-refractivity contribution in [3.05, 3.63) is 36.0 Å². The van der Waals surface area contributed by atoms with Gasteiger partial charge < -0.3 is 26.2 Å². The summed E-state index contributed by atoms with van der Waals surface area (Å²) in [6.45, 7) is 1.37. The average molecular weight is 305 g/mol. The van der Waals surface area contributed by atoms with E-state index in [2.05, 4.69) is 10.3 Å². The zero-order valence-corrected chi connectivity index (χ0v) is 12.1. The molecule has 3 atom stereocenters. The van der Waals surface area contributed by atoms with Gasteiger partial charge in [-0.15, -0.1) is 0 Å². The lowest BCUT2D eigenvalue weighted by atomic mass is 10.0. The second-order valence-corrected chi connectivity index (χ2v) is 5.23. The van der Waals surface area contributed by atoms with E-state index in [0.29, 0.717) is 0 Å². The number of H-pyrrole nitrogens is 1. The fraction of sp³-hybridized carbons (Fsp3) is 0.333. The van der Waals surface area contributed by atoms with Gasteiger partial charge in [-0.05, 0) is 18.6 Å². The quantitative estimate of drug-likeness (QED) is 0.512. The van der Waals surface area contributed by atoms with E-state index >= 15 is 0 Å². The number of aliphatic carboxylic acids is 1. The first-order valence-corrected chi connectivity index (χ1v) is 6.92. The van der Waals surface area contributed by atoms with Gasteiger partial charge in [0.05, 0.1) is 6.10 Å². The Labute approximate surface area is 127 Å². The van der Waals surface area contributed by atoms with Crippen molar-refractivity contribution < 1.29 is 19.8 Å². The van der Waals surface area contributed by atoms with Crippen molar-refractivity contribution in [2.75, 3.05) is 0 Å². The molecule has 0 bridgehead atoms. The molecule has 0 saturated carbocycles. The van der Waals surface area contributed by atoms with E-state index in [1.165, 1.54) is 6.92 Å². The minimum absolute atomic E-state index is 0.123. The maximum Gasteiger partial charge on any atom is 0.326 e. The summed E-state index contributed by atoms with van der Waals surface area (Å²) in [4.78, 5) is 26.2. The molecule has 0 fully saturated rings. The molecule has 0 aliphatic heterocycles. The zero-order valence-electron chi connectivity index (χ0n) is 12.1. The second-order valence-electron chi connectivity index (χ2n) is 5.23. The lowest BCUT2D eigenvalue weighted by Crippen LogP contribution is -2.52. The van der Waals surface area contributed by atoms with Crippen molar-refractivity contribution in [1.29, 1.82) is 0 Å². The number of fused-ring (bicyclic) bond motifs is 1. The van der Waals surface area contributed by atoms with Crippen LogP contribution in [0.2, 0.25) is 0 Å². The third kappa shape index (κ3) is 3.44. The molecule has 2 rings (SSSR count). The smallest absolute Gasteiger partial charge is 0.326 e.